The number of benzene rings is 1. The van der Waals surface area contributed by atoms with E-state index in [1.807, 2.05) is 17.9 Å². The van der Waals surface area contributed by atoms with Crippen LogP contribution in [-0.4, -0.2) is 52.0 Å². The van der Waals surface area contributed by atoms with Gasteiger partial charge in [0.1, 0.15) is 0 Å². The van der Waals surface area contributed by atoms with E-state index in [4.69, 9.17) is 0 Å². The molecule has 1 saturated carbocycles. The number of carboxylic acids is 1. The Kier molecular flexibility index (Phi) is 4.74. The van der Waals surface area contributed by atoms with Crippen molar-refractivity contribution in [3.63, 3.8) is 0 Å². The van der Waals surface area contributed by atoms with Crippen LogP contribution in [0.4, 0.5) is 0 Å². The van der Waals surface area contributed by atoms with Crippen molar-refractivity contribution < 1.29 is 14.7 Å². The zero-order chi connectivity index (χ0) is 18.3. The zero-order valence-electron chi connectivity index (χ0n) is 15.5. The molecule has 0 unspecified atom stereocenters. The Labute approximate surface area is 155 Å². The van der Waals surface area contributed by atoms with Crippen LogP contribution in [0.2, 0.25) is 0 Å². The van der Waals surface area contributed by atoms with E-state index < -0.39 is 5.97 Å². The van der Waals surface area contributed by atoms with Gasteiger partial charge < -0.3 is 14.9 Å². The summed E-state index contributed by atoms with van der Waals surface area (Å²) in [6, 6.07) is 6.10. The second-order valence-electron chi connectivity index (χ2n) is 8.02. The SMILES string of the molecule is C[C@H]1c2cccc(C(=O)O)c2C(=O)N1C1CCN(C2CCCCC2)CC1. The van der Waals surface area contributed by atoms with Gasteiger partial charge in [-0.15, -0.1) is 0 Å². The third-order valence-electron chi connectivity index (χ3n) is 6.63. The Morgan fingerprint density at radius 3 is 2.38 bits per heavy atom. The lowest BCUT2D eigenvalue weighted by atomic mass is 9.91. The summed E-state index contributed by atoms with van der Waals surface area (Å²) in [7, 11) is 0. The van der Waals surface area contributed by atoms with Gasteiger partial charge in [0.2, 0.25) is 0 Å². The number of nitrogens with zero attached hydrogens (tertiary/aromatic N) is 2. The van der Waals surface area contributed by atoms with Gasteiger partial charge in [-0.05, 0) is 44.2 Å². The van der Waals surface area contributed by atoms with Gasteiger partial charge in [0.05, 0.1) is 17.2 Å². The smallest absolute Gasteiger partial charge is 0.336 e. The molecule has 0 bridgehead atoms. The molecule has 2 aliphatic heterocycles. The lowest BCUT2D eigenvalue weighted by molar-refractivity contribution is 0.0425. The number of hydrogen-bond acceptors (Lipinski definition) is 3. The maximum Gasteiger partial charge on any atom is 0.336 e. The summed E-state index contributed by atoms with van der Waals surface area (Å²) in [5, 5.41) is 9.45. The van der Waals surface area contributed by atoms with E-state index in [0.717, 1.165) is 37.5 Å². The minimum absolute atomic E-state index is 0.0389. The monoisotopic (exact) mass is 356 g/mol. The minimum Gasteiger partial charge on any atom is -0.478 e. The molecule has 5 nitrogen and oxygen atoms in total. The molecule has 1 aliphatic carbocycles. The van der Waals surface area contributed by atoms with E-state index in [1.165, 1.54) is 32.1 Å². The maximum atomic E-state index is 13.1. The summed E-state index contributed by atoms with van der Waals surface area (Å²) in [4.78, 5) is 29.2. The Balaban J connectivity index is 1.48. The summed E-state index contributed by atoms with van der Waals surface area (Å²) in [5.41, 5.74) is 1.41. The highest BCUT2D eigenvalue weighted by atomic mass is 16.4. The number of fused-ring (bicyclic) bond motifs is 1. The van der Waals surface area contributed by atoms with Crippen molar-refractivity contribution in [1.82, 2.24) is 9.80 Å². The summed E-state index contributed by atoms with van der Waals surface area (Å²) >= 11 is 0. The van der Waals surface area contributed by atoms with Crippen molar-refractivity contribution >= 4 is 11.9 Å². The first-order valence-corrected chi connectivity index (χ1v) is 10.0. The molecule has 5 heteroatoms. The third kappa shape index (κ3) is 2.92. The molecule has 1 aromatic carbocycles. The van der Waals surface area contributed by atoms with Crippen LogP contribution < -0.4 is 0 Å². The van der Waals surface area contributed by atoms with Gasteiger partial charge in [0.25, 0.3) is 5.91 Å². The van der Waals surface area contributed by atoms with E-state index in [0.29, 0.717) is 5.56 Å². The van der Waals surface area contributed by atoms with Crippen molar-refractivity contribution in [2.24, 2.45) is 0 Å². The lowest BCUT2D eigenvalue weighted by Gasteiger charge is -2.42. The maximum absolute atomic E-state index is 13.1. The molecule has 26 heavy (non-hydrogen) atoms. The fourth-order valence-electron chi connectivity index (χ4n) is 5.25. The number of aromatic carboxylic acids is 1. The molecule has 2 heterocycles. The van der Waals surface area contributed by atoms with Crippen LogP contribution in [0.3, 0.4) is 0 Å². The average molecular weight is 356 g/mol. The number of rotatable bonds is 3. The molecule has 1 saturated heterocycles. The van der Waals surface area contributed by atoms with Crippen molar-refractivity contribution in [2.75, 3.05) is 13.1 Å². The standard InChI is InChI=1S/C21H28N2O3/c1-14-17-8-5-9-18(21(25)26)19(17)20(24)23(14)16-10-12-22(13-11-16)15-6-3-2-4-7-15/h5,8-9,14-16H,2-4,6-7,10-13H2,1H3,(H,25,26)/t14-/m0/s1. The first-order valence-electron chi connectivity index (χ1n) is 10.0. The van der Waals surface area contributed by atoms with Crippen LogP contribution in [0.1, 0.15) is 84.2 Å². The highest BCUT2D eigenvalue weighted by Crippen LogP contribution is 2.39. The van der Waals surface area contributed by atoms with E-state index in [9.17, 15) is 14.7 Å². The fraction of sp³-hybridized carbons (Fsp3) is 0.619. The highest BCUT2D eigenvalue weighted by molar-refractivity contribution is 6.08. The predicted molar refractivity (Wildman–Crippen MR) is 99.5 cm³/mol. The lowest BCUT2D eigenvalue weighted by Crippen LogP contribution is -2.49. The third-order valence-corrected chi connectivity index (χ3v) is 6.63. The van der Waals surface area contributed by atoms with Crippen LogP contribution in [0.5, 0.6) is 0 Å². The molecular weight excluding hydrogens is 328 g/mol. The molecule has 0 spiro atoms. The quantitative estimate of drug-likeness (QED) is 0.897. The average Bonchev–Trinajstić information content (AvgIpc) is 2.93. The van der Waals surface area contributed by atoms with Gasteiger partial charge in [-0.1, -0.05) is 31.4 Å². The summed E-state index contributed by atoms with van der Waals surface area (Å²) in [6.45, 7) is 4.13. The Bertz CT molecular complexity index is 703. The molecule has 1 aromatic rings. The molecule has 1 amide bonds. The summed E-state index contributed by atoms with van der Waals surface area (Å²) in [6.07, 6.45) is 8.68. The van der Waals surface area contributed by atoms with Gasteiger partial charge in [0.15, 0.2) is 0 Å². The summed E-state index contributed by atoms with van der Waals surface area (Å²) in [5.74, 6) is -1.11. The van der Waals surface area contributed by atoms with Gasteiger partial charge in [0, 0.05) is 25.2 Å². The van der Waals surface area contributed by atoms with Gasteiger partial charge in [-0.2, -0.15) is 0 Å². The zero-order valence-corrected chi connectivity index (χ0v) is 15.5. The topological polar surface area (TPSA) is 60.9 Å². The number of carbonyl (C=O) groups excluding carboxylic acids is 1. The van der Waals surface area contributed by atoms with Crippen LogP contribution >= 0.6 is 0 Å². The Morgan fingerprint density at radius 1 is 1.04 bits per heavy atom. The van der Waals surface area contributed by atoms with Crippen molar-refractivity contribution in [1.29, 1.82) is 0 Å². The number of hydrogen-bond donors (Lipinski definition) is 1. The first kappa shape index (κ1) is 17.5. The van der Waals surface area contributed by atoms with Crippen molar-refractivity contribution in [3.05, 3.63) is 34.9 Å². The second-order valence-corrected chi connectivity index (χ2v) is 8.02. The van der Waals surface area contributed by atoms with Crippen LogP contribution in [0, 0.1) is 0 Å². The largest absolute Gasteiger partial charge is 0.478 e. The first-order chi connectivity index (χ1) is 12.6. The Hall–Kier alpha value is -1.88. The van der Waals surface area contributed by atoms with Gasteiger partial charge >= 0.3 is 5.97 Å². The number of piperidine rings is 1. The molecule has 2 fully saturated rings. The van der Waals surface area contributed by atoms with E-state index >= 15 is 0 Å². The van der Waals surface area contributed by atoms with Crippen molar-refractivity contribution in [3.8, 4) is 0 Å². The normalized spacial score (nSPS) is 25.5. The number of amides is 1. The molecular formula is C21H28N2O3. The van der Waals surface area contributed by atoms with Crippen LogP contribution in [0.15, 0.2) is 18.2 Å². The number of likely N-dealkylation sites (tertiary alicyclic amines) is 1. The second kappa shape index (κ2) is 7.03. The van der Waals surface area contributed by atoms with Crippen LogP contribution in [0.25, 0.3) is 0 Å². The fourth-order valence-corrected chi connectivity index (χ4v) is 5.25. The molecule has 3 aliphatic rings. The van der Waals surface area contributed by atoms with Crippen LogP contribution in [-0.2, 0) is 0 Å². The number of carboxylic acid groups (broad SMARTS) is 1. The highest BCUT2D eigenvalue weighted by Gasteiger charge is 2.41. The van der Waals surface area contributed by atoms with Gasteiger partial charge in [-0.25, -0.2) is 4.79 Å². The molecule has 140 valence electrons. The number of carbonyl (C=O) groups is 2. The van der Waals surface area contributed by atoms with Crippen molar-refractivity contribution in [2.45, 2.75) is 70.0 Å². The van der Waals surface area contributed by atoms with E-state index in [-0.39, 0.29) is 23.6 Å². The molecule has 0 aromatic heterocycles. The molecule has 4 rings (SSSR count). The Morgan fingerprint density at radius 2 is 1.73 bits per heavy atom. The van der Waals surface area contributed by atoms with E-state index in [1.54, 1.807) is 12.1 Å². The van der Waals surface area contributed by atoms with Gasteiger partial charge in [-0.3, -0.25) is 4.79 Å². The molecule has 0 radical (unpaired) electrons. The van der Waals surface area contributed by atoms with E-state index in [2.05, 4.69) is 4.90 Å². The summed E-state index contributed by atoms with van der Waals surface area (Å²) < 4.78 is 0. The predicted octanol–water partition coefficient (Wildman–Crippen LogP) is 3.70. The molecule has 1 N–H and O–H groups in total. The minimum atomic E-state index is -1.02. The molecule has 1 atom stereocenters.